The van der Waals surface area contributed by atoms with E-state index in [9.17, 15) is 19.8 Å². The van der Waals surface area contributed by atoms with E-state index >= 15 is 0 Å². The van der Waals surface area contributed by atoms with Gasteiger partial charge in [0.2, 0.25) is 5.91 Å². The quantitative estimate of drug-likeness (QED) is 0.355. The number of ether oxygens (including phenoxy) is 1. The van der Waals surface area contributed by atoms with Gasteiger partial charge in [-0.3, -0.25) is 4.79 Å². The van der Waals surface area contributed by atoms with Crippen LogP contribution in [0, 0.1) is 11.8 Å². The number of hydrogen-bond donors (Lipinski definition) is 2. The normalized spacial score (nSPS) is 22.6. The van der Waals surface area contributed by atoms with Crippen molar-refractivity contribution in [3.05, 3.63) is 53.2 Å². The minimum absolute atomic E-state index is 0.0363. The number of quaternary nitrogens is 1. The Morgan fingerprint density at radius 3 is 2.56 bits per heavy atom. The number of nitrogens with zero attached hydrogens (tertiary/aromatic N) is 2. The maximum atomic E-state index is 12.6. The first kappa shape index (κ1) is 26.1. The Balaban J connectivity index is 1.56. The molecule has 36 heavy (non-hydrogen) atoms. The Labute approximate surface area is 212 Å². The summed E-state index contributed by atoms with van der Waals surface area (Å²) in [6, 6.07) is 11.7. The van der Waals surface area contributed by atoms with Crippen molar-refractivity contribution in [1.82, 2.24) is 10.2 Å². The number of amides is 1. The summed E-state index contributed by atoms with van der Waals surface area (Å²) in [5.41, 5.74) is 1.65. The van der Waals surface area contributed by atoms with E-state index < -0.39 is 18.0 Å². The van der Waals surface area contributed by atoms with Crippen LogP contribution in [0.15, 0.2) is 47.7 Å². The highest BCUT2D eigenvalue weighted by molar-refractivity contribution is 5.99. The van der Waals surface area contributed by atoms with Crippen LogP contribution < -0.4 is 15.2 Å². The molecule has 4 atom stereocenters. The Morgan fingerprint density at radius 2 is 1.89 bits per heavy atom. The summed E-state index contributed by atoms with van der Waals surface area (Å²) in [6.07, 6.45) is 0.0800. The van der Waals surface area contributed by atoms with Gasteiger partial charge in [-0.15, -0.1) is 0 Å². The molecule has 0 spiro atoms. The van der Waals surface area contributed by atoms with E-state index in [2.05, 4.69) is 31.5 Å². The number of carbonyl (C=O) groups is 2. The van der Waals surface area contributed by atoms with E-state index in [1.807, 2.05) is 38.2 Å². The van der Waals surface area contributed by atoms with Gasteiger partial charge < -0.3 is 34.4 Å². The first-order valence-corrected chi connectivity index (χ1v) is 12.6. The molecule has 2 aliphatic heterocycles. The van der Waals surface area contributed by atoms with E-state index in [1.54, 1.807) is 6.92 Å². The number of β-lactam (4-membered cyclic amide) rings is 1. The second-order valence-electron chi connectivity index (χ2n) is 10.7. The number of rotatable bonds is 11. The molecule has 2 aromatic rings. The number of fused-ring (bicyclic) bond motifs is 2. The van der Waals surface area contributed by atoms with Crippen molar-refractivity contribution in [2.75, 3.05) is 47.4 Å². The molecule has 8 nitrogen and oxygen atoms in total. The van der Waals surface area contributed by atoms with Crippen LogP contribution in [-0.2, 0) is 16.0 Å². The average molecular weight is 496 g/mol. The van der Waals surface area contributed by atoms with Crippen LogP contribution in [0.2, 0.25) is 0 Å². The second-order valence-corrected chi connectivity index (χ2v) is 10.7. The Bertz CT molecular complexity index is 1190. The zero-order chi connectivity index (χ0) is 26.2. The van der Waals surface area contributed by atoms with Gasteiger partial charge in [-0.05, 0) is 36.6 Å². The standard InChI is InChI=1S/C28H37N3O5/c1-17-22(26(28(34)35)30-25(17)24(18(2)32)27(30)33)16-36-23-11-7-9-20-19(8-6-10-21(20)23)12-14-31(4,5)15-13-29-3/h6-11,17-18,24-25,29,32H,12-16H2,1-5H3/t17-,18+,24+,25+/m0/s1. The van der Waals surface area contributed by atoms with Crippen LogP contribution >= 0.6 is 0 Å². The highest BCUT2D eigenvalue weighted by Gasteiger charge is 2.58. The van der Waals surface area contributed by atoms with E-state index in [4.69, 9.17) is 4.74 Å². The van der Waals surface area contributed by atoms with Gasteiger partial charge in [0, 0.05) is 24.3 Å². The molecule has 8 heteroatoms. The molecular formula is C28H37N3O5. The molecule has 2 aliphatic rings. The maximum Gasteiger partial charge on any atom is 0.235 e. The maximum absolute atomic E-state index is 12.6. The number of aliphatic hydroxyl groups is 1. The number of hydrogen-bond acceptors (Lipinski definition) is 6. The molecule has 0 aromatic heterocycles. The van der Waals surface area contributed by atoms with Crippen molar-refractivity contribution >= 4 is 22.6 Å². The molecule has 2 aromatic carbocycles. The number of nitrogens with one attached hydrogen (secondary N) is 1. The first-order chi connectivity index (χ1) is 17.1. The second kappa shape index (κ2) is 10.2. The van der Waals surface area contributed by atoms with Gasteiger partial charge in [0.1, 0.15) is 12.4 Å². The van der Waals surface area contributed by atoms with Gasteiger partial charge in [-0.1, -0.05) is 37.3 Å². The Morgan fingerprint density at radius 1 is 1.19 bits per heavy atom. The van der Waals surface area contributed by atoms with Gasteiger partial charge in [-0.25, -0.2) is 0 Å². The number of benzene rings is 2. The van der Waals surface area contributed by atoms with Crippen molar-refractivity contribution in [3.63, 3.8) is 0 Å². The van der Waals surface area contributed by atoms with Crippen LogP contribution in [0.4, 0.5) is 0 Å². The molecule has 0 bridgehead atoms. The molecule has 1 saturated heterocycles. The van der Waals surface area contributed by atoms with Crippen molar-refractivity contribution in [3.8, 4) is 5.75 Å². The van der Waals surface area contributed by atoms with Crippen LogP contribution in [0.25, 0.3) is 10.8 Å². The number of carbonyl (C=O) groups excluding carboxylic acids is 2. The molecule has 1 amide bonds. The van der Waals surface area contributed by atoms with Crippen LogP contribution in [0.3, 0.4) is 0 Å². The van der Waals surface area contributed by atoms with Gasteiger partial charge in [-0.2, -0.15) is 0 Å². The fraction of sp³-hybridized carbons (Fsp3) is 0.500. The average Bonchev–Trinajstić information content (AvgIpc) is 3.08. The molecule has 2 N–H and O–H groups in total. The summed E-state index contributed by atoms with van der Waals surface area (Å²) in [4.78, 5) is 25.8. The Hall–Kier alpha value is -2.94. The zero-order valence-electron chi connectivity index (χ0n) is 21.8. The predicted molar refractivity (Wildman–Crippen MR) is 136 cm³/mol. The molecule has 0 unspecified atom stereocenters. The smallest absolute Gasteiger partial charge is 0.235 e. The minimum Gasteiger partial charge on any atom is -0.543 e. The van der Waals surface area contributed by atoms with Gasteiger partial charge in [0.25, 0.3) is 0 Å². The topological polar surface area (TPSA) is 102 Å². The van der Waals surface area contributed by atoms with Crippen LogP contribution in [0.5, 0.6) is 5.75 Å². The van der Waals surface area contributed by atoms with Gasteiger partial charge in [0.15, 0.2) is 0 Å². The van der Waals surface area contributed by atoms with E-state index in [0.717, 1.165) is 41.3 Å². The molecule has 0 aliphatic carbocycles. The Kier molecular flexibility index (Phi) is 7.41. The lowest BCUT2D eigenvalue weighted by atomic mass is 9.78. The minimum atomic E-state index is -1.39. The third-order valence-electron chi connectivity index (χ3n) is 7.82. The van der Waals surface area contributed by atoms with Crippen molar-refractivity contribution < 1.29 is 29.0 Å². The zero-order valence-corrected chi connectivity index (χ0v) is 21.8. The third-order valence-corrected chi connectivity index (χ3v) is 7.82. The third kappa shape index (κ3) is 4.73. The first-order valence-electron chi connectivity index (χ1n) is 12.6. The summed E-state index contributed by atoms with van der Waals surface area (Å²) in [7, 11) is 6.44. The summed E-state index contributed by atoms with van der Waals surface area (Å²) in [6.45, 7) is 6.48. The van der Waals surface area contributed by atoms with Gasteiger partial charge in [0.05, 0.1) is 56.9 Å². The fourth-order valence-electron chi connectivity index (χ4n) is 5.62. The molecule has 1 fully saturated rings. The highest BCUT2D eigenvalue weighted by Crippen LogP contribution is 2.47. The molecule has 2 heterocycles. The number of carboxylic acid groups (broad SMARTS) is 1. The number of likely N-dealkylation sites (N-methyl/N-ethyl adjacent to an activating group) is 2. The number of carboxylic acids is 1. The monoisotopic (exact) mass is 495 g/mol. The molecule has 0 saturated carbocycles. The van der Waals surface area contributed by atoms with Crippen molar-refractivity contribution in [2.45, 2.75) is 32.4 Å². The summed E-state index contributed by atoms with van der Waals surface area (Å²) >= 11 is 0. The molecule has 4 rings (SSSR count). The lowest BCUT2D eigenvalue weighted by Crippen LogP contribution is -2.64. The predicted octanol–water partition coefficient (Wildman–Crippen LogP) is 0.918. The summed E-state index contributed by atoms with van der Waals surface area (Å²) in [5.74, 6) is -1.95. The van der Waals surface area contributed by atoms with Gasteiger partial charge >= 0.3 is 0 Å². The molecule has 0 radical (unpaired) electrons. The number of aliphatic carboxylic acids is 1. The van der Waals surface area contributed by atoms with Crippen LogP contribution in [-0.4, -0.2) is 85.9 Å². The molecule has 194 valence electrons. The van der Waals surface area contributed by atoms with E-state index in [-0.39, 0.29) is 30.2 Å². The van der Waals surface area contributed by atoms with E-state index in [1.165, 1.54) is 10.5 Å². The SMILES string of the molecule is CNCC[N+](C)(C)CCc1cccc2c(OCC3=C(C(=O)[O-])N4C(=O)[C@H]([C@@H](C)O)[C@H]4[C@H]3C)cccc12. The van der Waals surface area contributed by atoms with Crippen molar-refractivity contribution in [1.29, 1.82) is 0 Å². The van der Waals surface area contributed by atoms with Crippen LogP contribution in [0.1, 0.15) is 19.4 Å². The highest BCUT2D eigenvalue weighted by atomic mass is 16.5. The fourth-order valence-corrected chi connectivity index (χ4v) is 5.62. The van der Waals surface area contributed by atoms with E-state index in [0.29, 0.717) is 11.3 Å². The lowest BCUT2D eigenvalue weighted by molar-refractivity contribution is -0.888. The number of aliphatic hydroxyl groups excluding tert-OH is 1. The summed E-state index contributed by atoms with van der Waals surface area (Å²) in [5, 5.41) is 27.3. The van der Waals surface area contributed by atoms with Crippen molar-refractivity contribution in [2.24, 2.45) is 11.8 Å². The summed E-state index contributed by atoms with van der Waals surface area (Å²) < 4.78 is 7.11. The molecular weight excluding hydrogens is 458 g/mol. The largest absolute Gasteiger partial charge is 0.543 e. The lowest BCUT2D eigenvalue weighted by Gasteiger charge is -2.47.